The molecular weight excluding hydrogens is 396 g/mol. The Morgan fingerprint density at radius 3 is 2.36 bits per heavy atom. The smallest absolute Gasteiger partial charge is 0.257 e. The maximum atomic E-state index is 12.6. The lowest BCUT2D eigenvalue weighted by Gasteiger charge is -2.18. The largest absolute Gasteiger partial charge is 0.296 e. The van der Waals surface area contributed by atoms with Gasteiger partial charge in [0.1, 0.15) is 5.01 Å². The van der Waals surface area contributed by atoms with E-state index in [0.29, 0.717) is 29.7 Å². The number of carbonyl (C=O) groups is 1. The molecule has 1 saturated heterocycles. The van der Waals surface area contributed by atoms with Crippen molar-refractivity contribution in [3.63, 3.8) is 0 Å². The van der Waals surface area contributed by atoms with Crippen LogP contribution < -0.4 is 5.32 Å². The number of benzene rings is 1. The van der Waals surface area contributed by atoms with Crippen LogP contribution >= 0.6 is 11.3 Å². The molecule has 4 rings (SSSR count). The molecule has 0 bridgehead atoms. The van der Waals surface area contributed by atoms with Gasteiger partial charge in [-0.25, -0.2) is 8.42 Å². The summed E-state index contributed by atoms with van der Waals surface area (Å²) >= 11 is 1.43. The van der Waals surface area contributed by atoms with Crippen molar-refractivity contribution in [2.45, 2.75) is 55.8 Å². The quantitative estimate of drug-likeness (QED) is 0.797. The normalized spacial score (nSPS) is 19.0. The Hall–Kier alpha value is -1.84. The van der Waals surface area contributed by atoms with Gasteiger partial charge in [-0.05, 0) is 49.9 Å². The Kier molecular flexibility index (Phi) is 5.75. The lowest BCUT2D eigenvalue weighted by molar-refractivity contribution is 0.102. The predicted octanol–water partition coefficient (Wildman–Crippen LogP) is 3.62. The third-order valence-corrected chi connectivity index (χ3v) is 8.35. The molecule has 1 saturated carbocycles. The minimum Gasteiger partial charge on any atom is -0.296 e. The van der Waals surface area contributed by atoms with E-state index < -0.39 is 10.0 Å². The maximum absolute atomic E-state index is 12.6. The highest BCUT2D eigenvalue weighted by Gasteiger charge is 2.27. The first-order valence-electron chi connectivity index (χ1n) is 9.79. The monoisotopic (exact) mass is 420 g/mol. The van der Waals surface area contributed by atoms with E-state index in [9.17, 15) is 13.2 Å². The fraction of sp³-hybridized carbons (Fsp3) is 0.526. The highest BCUT2D eigenvalue weighted by molar-refractivity contribution is 7.89. The minimum atomic E-state index is -3.47. The summed E-state index contributed by atoms with van der Waals surface area (Å²) in [4.78, 5) is 12.7. The number of hydrogen-bond acceptors (Lipinski definition) is 6. The molecule has 1 aromatic carbocycles. The highest BCUT2D eigenvalue weighted by Crippen LogP contribution is 2.35. The summed E-state index contributed by atoms with van der Waals surface area (Å²) < 4.78 is 26.6. The van der Waals surface area contributed by atoms with Crippen LogP contribution in [0.1, 0.15) is 66.2 Å². The van der Waals surface area contributed by atoms with Gasteiger partial charge in [-0.2, -0.15) is 4.31 Å². The van der Waals surface area contributed by atoms with E-state index in [1.54, 1.807) is 12.1 Å². The van der Waals surface area contributed by atoms with E-state index in [1.807, 2.05) is 0 Å². The molecule has 2 aromatic rings. The number of amides is 1. The third kappa shape index (κ3) is 4.11. The van der Waals surface area contributed by atoms with E-state index in [0.717, 1.165) is 30.7 Å². The molecule has 28 heavy (non-hydrogen) atoms. The van der Waals surface area contributed by atoms with Crippen molar-refractivity contribution in [3.8, 4) is 0 Å². The van der Waals surface area contributed by atoms with Gasteiger partial charge in [0.05, 0.1) is 4.90 Å². The molecule has 0 radical (unpaired) electrons. The molecule has 0 unspecified atom stereocenters. The molecule has 2 aliphatic rings. The second-order valence-corrected chi connectivity index (χ2v) is 10.3. The molecule has 1 N–H and O–H groups in total. The summed E-state index contributed by atoms with van der Waals surface area (Å²) in [6.45, 7) is 1.12. The molecule has 150 valence electrons. The van der Waals surface area contributed by atoms with E-state index in [4.69, 9.17) is 0 Å². The second-order valence-electron chi connectivity index (χ2n) is 7.37. The molecular formula is C19H24N4O3S2. The first-order chi connectivity index (χ1) is 13.5. The summed E-state index contributed by atoms with van der Waals surface area (Å²) in [6, 6.07) is 6.08. The molecule has 1 aliphatic heterocycles. The topological polar surface area (TPSA) is 92.3 Å². The van der Waals surface area contributed by atoms with E-state index >= 15 is 0 Å². The number of hydrogen-bond donors (Lipinski definition) is 1. The van der Waals surface area contributed by atoms with Crippen LogP contribution in [0.4, 0.5) is 5.13 Å². The van der Waals surface area contributed by atoms with Crippen molar-refractivity contribution in [3.05, 3.63) is 34.8 Å². The van der Waals surface area contributed by atoms with Crippen LogP contribution in [0.5, 0.6) is 0 Å². The van der Waals surface area contributed by atoms with Gasteiger partial charge < -0.3 is 0 Å². The second kappa shape index (κ2) is 8.26. The van der Waals surface area contributed by atoms with Crippen LogP contribution in [0.25, 0.3) is 0 Å². The number of anilines is 1. The molecule has 0 spiro atoms. The number of aromatic nitrogens is 2. The number of rotatable bonds is 5. The summed E-state index contributed by atoms with van der Waals surface area (Å²) in [7, 11) is -3.47. The zero-order valence-electron chi connectivity index (χ0n) is 15.6. The van der Waals surface area contributed by atoms with Gasteiger partial charge in [0.15, 0.2) is 0 Å². The molecule has 2 heterocycles. The SMILES string of the molecule is O=C(Nc1nnc(C2CCCCC2)s1)c1ccc(S(=O)(=O)N2CCCC2)cc1. The Morgan fingerprint density at radius 2 is 1.68 bits per heavy atom. The van der Waals surface area contributed by atoms with Crippen LogP contribution in [-0.4, -0.2) is 41.9 Å². The fourth-order valence-corrected chi connectivity index (χ4v) is 6.25. The molecule has 9 heteroatoms. The van der Waals surface area contributed by atoms with Crippen LogP contribution in [0.15, 0.2) is 29.2 Å². The van der Waals surface area contributed by atoms with Crippen molar-refractivity contribution in [2.24, 2.45) is 0 Å². The van der Waals surface area contributed by atoms with Crippen LogP contribution in [-0.2, 0) is 10.0 Å². The predicted molar refractivity (Wildman–Crippen MR) is 108 cm³/mol. The van der Waals surface area contributed by atoms with Gasteiger partial charge in [-0.3, -0.25) is 10.1 Å². The van der Waals surface area contributed by atoms with Crippen molar-refractivity contribution in [1.29, 1.82) is 0 Å². The maximum Gasteiger partial charge on any atom is 0.257 e. The third-order valence-electron chi connectivity index (χ3n) is 5.43. The summed E-state index contributed by atoms with van der Waals surface area (Å²) in [5.74, 6) is 0.142. The van der Waals surface area contributed by atoms with Gasteiger partial charge in [-0.1, -0.05) is 30.6 Å². The Bertz CT molecular complexity index is 928. The van der Waals surface area contributed by atoms with Crippen LogP contribution in [0.2, 0.25) is 0 Å². The molecule has 0 atom stereocenters. The van der Waals surface area contributed by atoms with Gasteiger partial charge >= 0.3 is 0 Å². The molecule has 1 amide bonds. The first-order valence-corrected chi connectivity index (χ1v) is 12.0. The number of nitrogens with zero attached hydrogens (tertiary/aromatic N) is 3. The minimum absolute atomic E-state index is 0.224. The fourth-order valence-electron chi connectivity index (χ4n) is 3.82. The standard InChI is InChI=1S/C19H24N4O3S2/c24-17(20-19-22-21-18(27-19)15-6-2-1-3-7-15)14-8-10-16(11-9-14)28(25,26)23-12-4-5-13-23/h8-11,15H,1-7,12-13H2,(H,20,22,24). The zero-order chi connectivity index (χ0) is 19.6. The Balaban J connectivity index is 1.42. The highest BCUT2D eigenvalue weighted by atomic mass is 32.2. The van der Waals surface area contributed by atoms with Crippen molar-refractivity contribution in [2.75, 3.05) is 18.4 Å². The number of nitrogens with one attached hydrogen (secondary N) is 1. The van der Waals surface area contributed by atoms with Gasteiger partial charge in [0.2, 0.25) is 15.2 Å². The van der Waals surface area contributed by atoms with Crippen molar-refractivity contribution >= 4 is 32.4 Å². The van der Waals surface area contributed by atoms with E-state index in [2.05, 4.69) is 15.5 Å². The average molecular weight is 421 g/mol. The lowest BCUT2D eigenvalue weighted by Crippen LogP contribution is -2.27. The first kappa shape index (κ1) is 19.5. The lowest BCUT2D eigenvalue weighted by atomic mass is 9.90. The van der Waals surface area contributed by atoms with Crippen molar-refractivity contribution in [1.82, 2.24) is 14.5 Å². The molecule has 7 nitrogen and oxygen atoms in total. The molecule has 1 aliphatic carbocycles. The summed E-state index contributed by atoms with van der Waals surface area (Å²) in [5, 5.41) is 12.6. The van der Waals surface area contributed by atoms with Crippen LogP contribution in [0.3, 0.4) is 0 Å². The van der Waals surface area contributed by atoms with E-state index in [1.165, 1.54) is 47.0 Å². The van der Waals surface area contributed by atoms with E-state index in [-0.39, 0.29) is 10.8 Å². The average Bonchev–Trinajstić information content (AvgIpc) is 3.41. The summed E-state index contributed by atoms with van der Waals surface area (Å²) in [6.07, 6.45) is 7.78. The van der Waals surface area contributed by atoms with Gasteiger partial charge in [0, 0.05) is 24.6 Å². The Morgan fingerprint density at radius 1 is 1.00 bits per heavy atom. The molecule has 2 fully saturated rings. The summed E-state index contributed by atoms with van der Waals surface area (Å²) in [5.41, 5.74) is 0.398. The zero-order valence-corrected chi connectivity index (χ0v) is 17.3. The van der Waals surface area contributed by atoms with Gasteiger partial charge in [-0.15, -0.1) is 10.2 Å². The van der Waals surface area contributed by atoms with Crippen molar-refractivity contribution < 1.29 is 13.2 Å². The Labute approximate surface area is 169 Å². The van der Waals surface area contributed by atoms with Crippen LogP contribution in [0, 0.1) is 0 Å². The van der Waals surface area contributed by atoms with Gasteiger partial charge in [0.25, 0.3) is 5.91 Å². The molecule has 1 aromatic heterocycles. The number of carbonyl (C=O) groups excluding carboxylic acids is 1. The number of sulfonamides is 1.